The number of fused-ring (bicyclic) bond motifs is 1. The number of nitrogens with zero attached hydrogens (tertiary/aromatic N) is 2. The highest BCUT2D eigenvalue weighted by molar-refractivity contribution is 9.10. The summed E-state index contributed by atoms with van der Waals surface area (Å²) in [6, 6.07) is 13.5. The average molecular weight is 349 g/mol. The molecule has 20 heavy (non-hydrogen) atoms. The smallest absolute Gasteiger partial charge is 0.162 e. The minimum atomic E-state index is 0.681. The molecule has 0 fully saturated rings. The Kier molecular flexibility index (Phi) is 3.59. The number of hydrogen-bond donors (Lipinski definition) is 1. The number of nitrogens with one attached hydrogen (secondary N) is 1. The molecule has 0 atom stereocenters. The van der Waals surface area contributed by atoms with Gasteiger partial charge in [0.25, 0.3) is 0 Å². The van der Waals surface area contributed by atoms with Gasteiger partial charge in [0.1, 0.15) is 5.82 Å². The first-order valence-electron chi connectivity index (χ1n) is 6.08. The van der Waals surface area contributed by atoms with Crippen molar-refractivity contribution in [3.05, 3.63) is 52.0 Å². The van der Waals surface area contributed by atoms with Gasteiger partial charge < -0.3 is 5.32 Å². The van der Waals surface area contributed by atoms with E-state index in [1.807, 2.05) is 49.5 Å². The summed E-state index contributed by atoms with van der Waals surface area (Å²) in [6.07, 6.45) is 0. The summed E-state index contributed by atoms with van der Waals surface area (Å²) in [6.45, 7) is 0. The standard InChI is InChI=1S/C15H11BrClN3/c1-18-15-12-8-10(16)4-7-13(12)19-14(20-15)9-2-5-11(17)6-3-9/h2-8H,1H3,(H,18,19,20). The number of hydrogen-bond acceptors (Lipinski definition) is 3. The molecule has 100 valence electrons. The Morgan fingerprint density at radius 2 is 1.80 bits per heavy atom. The van der Waals surface area contributed by atoms with Gasteiger partial charge in [-0.2, -0.15) is 0 Å². The molecular weight excluding hydrogens is 338 g/mol. The van der Waals surface area contributed by atoms with E-state index in [0.717, 1.165) is 26.8 Å². The van der Waals surface area contributed by atoms with Crippen molar-refractivity contribution in [1.82, 2.24) is 9.97 Å². The number of halogens is 2. The van der Waals surface area contributed by atoms with E-state index >= 15 is 0 Å². The molecule has 0 amide bonds. The Labute approximate surface area is 130 Å². The molecule has 0 spiro atoms. The van der Waals surface area contributed by atoms with Crippen LogP contribution in [-0.4, -0.2) is 17.0 Å². The van der Waals surface area contributed by atoms with Gasteiger partial charge in [0.05, 0.1) is 5.52 Å². The second kappa shape index (κ2) is 5.38. The van der Waals surface area contributed by atoms with Gasteiger partial charge in [-0.1, -0.05) is 27.5 Å². The van der Waals surface area contributed by atoms with Crippen molar-refractivity contribution in [3.63, 3.8) is 0 Å². The first kappa shape index (κ1) is 13.3. The molecule has 0 aliphatic rings. The summed E-state index contributed by atoms with van der Waals surface area (Å²) in [4.78, 5) is 9.18. The van der Waals surface area contributed by atoms with E-state index in [2.05, 4.69) is 31.2 Å². The topological polar surface area (TPSA) is 37.8 Å². The largest absolute Gasteiger partial charge is 0.373 e. The second-order valence-corrected chi connectivity index (χ2v) is 5.67. The van der Waals surface area contributed by atoms with E-state index in [1.165, 1.54) is 0 Å². The molecular formula is C15H11BrClN3. The predicted molar refractivity (Wildman–Crippen MR) is 87.2 cm³/mol. The van der Waals surface area contributed by atoms with Crippen molar-refractivity contribution in [1.29, 1.82) is 0 Å². The van der Waals surface area contributed by atoms with E-state index in [1.54, 1.807) is 0 Å². The highest BCUT2D eigenvalue weighted by Gasteiger charge is 2.09. The second-order valence-electron chi connectivity index (χ2n) is 4.31. The molecule has 0 bridgehead atoms. The quantitative estimate of drug-likeness (QED) is 0.726. The van der Waals surface area contributed by atoms with E-state index in [0.29, 0.717) is 10.8 Å². The van der Waals surface area contributed by atoms with Crippen molar-refractivity contribution in [3.8, 4) is 11.4 Å². The number of anilines is 1. The van der Waals surface area contributed by atoms with Crippen molar-refractivity contribution in [2.75, 3.05) is 12.4 Å². The fourth-order valence-corrected chi connectivity index (χ4v) is 2.51. The van der Waals surface area contributed by atoms with Gasteiger partial charge in [0.15, 0.2) is 5.82 Å². The van der Waals surface area contributed by atoms with Crippen LogP contribution in [0.2, 0.25) is 5.02 Å². The molecule has 3 nitrogen and oxygen atoms in total. The van der Waals surface area contributed by atoms with Crippen LogP contribution < -0.4 is 5.32 Å². The fraction of sp³-hybridized carbons (Fsp3) is 0.0667. The van der Waals surface area contributed by atoms with Gasteiger partial charge in [0.2, 0.25) is 0 Å². The zero-order valence-electron chi connectivity index (χ0n) is 10.7. The van der Waals surface area contributed by atoms with E-state index in [9.17, 15) is 0 Å². The van der Waals surface area contributed by atoms with Gasteiger partial charge in [-0.05, 0) is 42.5 Å². The maximum absolute atomic E-state index is 5.91. The molecule has 0 aliphatic heterocycles. The molecule has 2 aromatic carbocycles. The Morgan fingerprint density at radius 1 is 1.05 bits per heavy atom. The van der Waals surface area contributed by atoms with E-state index < -0.39 is 0 Å². The first-order chi connectivity index (χ1) is 9.67. The third-order valence-electron chi connectivity index (χ3n) is 3.00. The molecule has 0 saturated heterocycles. The van der Waals surface area contributed by atoms with Crippen LogP contribution in [0.4, 0.5) is 5.82 Å². The lowest BCUT2D eigenvalue weighted by Crippen LogP contribution is -1.98. The molecule has 5 heteroatoms. The zero-order valence-corrected chi connectivity index (χ0v) is 13.0. The zero-order chi connectivity index (χ0) is 14.1. The van der Waals surface area contributed by atoms with Gasteiger partial charge in [-0.25, -0.2) is 9.97 Å². The van der Waals surface area contributed by atoms with E-state index in [4.69, 9.17) is 11.6 Å². The Hall–Kier alpha value is -1.65. The summed E-state index contributed by atoms with van der Waals surface area (Å²) < 4.78 is 1.00. The maximum Gasteiger partial charge on any atom is 0.162 e. The number of benzene rings is 2. The van der Waals surface area contributed by atoms with Gasteiger partial charge >= 0.3 is 0 Å². The normalized spacial score (nSPS) is 10.8. The highest BCUT2D eigenvalue weighted by atomic mass is 79.9. The Balaban J connectivity index is 2.22. The SMILES string of the molecule is CNc1nc(-c2ccc(Cl)cc2)nc2ccc(Br)cc12. The lowest BCUT2D eigenvalue weighted by Gasteiger charge is -2.08. The van der Waals surface area contributed by atoms with Crippen molar-refractivity contribution in [2.45, 2.75) is 0 Å². The third kappa shape index (κ3) is 2.49. The first-order valence-corrected chi connectivity index (χ1v) is 7.25. The Morgan fingerprint density at radius 3 is 2.50 bits per heavy atom. The average Bonchev–Trinajstić information content (AvgIpc) is 2.47. The van der Waals surface area contributed by atoms with Crippen LogP contribution >= 0.6 is 27.5 Å². The molecule has 0 unspecified atom stereocenters. The van der Waals surface area contributed by atoms with Crippen molar-refractivity contribution >= 4 is 44.3 Å². The van der Waals surface area contributed by atoms with Gasteiger partial charge in [-0.3, -0.25) is 0 Å². The molecule has 0 aliphatic carbocycles. The minimum Gasteiger partial charge on any atom is -0.373 e. The van der Waals surface area contributed by atoms with Gasteiger partial charge in [-0.15, -0.1) is 0 Å². The van der Waals surface area contributed by atoms with Crippen molar-refractivity contribution in [2.24, 2.45) is 0 Å². The number of aromatic nitrogens is 2. The summed E-state index contributed by atoms with van der Waals surface area (Å²) in [7, 11) is 1.86. The summed E-state index contributed by atoms with van der Waals surface area (Å²) in [5, 5.41) is 4.81. The maximum atomic E-state index is 5.91. The molecule has 0 radical (unpaired) electrons. The van der Waals surface area contributed by atoms with Crippen LogP contribution in [0.5, 0.6) is 0 Å². The van der Waals surface area contributed by atoms with Crippen LogP contribution in [0.1, 0.15) is 0 Å². The molecule has 1 aromatic heterocycles. The van der Waals surface area contributed by atoms with Crippen LogP contribution in [-0.2, 0) is 0 Å². The summed E-state index contributed by atoms with van der Waals surface area (Å²) in [5.74, 6) is 1.49. The Bertz CT molecular complexity index is 772. The lowest BCUT2D eigenvalue weighted by atomic mass is 10.2. The lowest BCUT2D eigenvalue weighted by molar-refractivity contribution is 1.21. The summed E-state index contributed by atoms with van der Waals surface area (Å²) in [5.41, 5.74) is 1.84. The van der Waals surface area contributed by atoms with Crippen LogP contribution in [0, 0.1) is 0 Å². The van der Waals surface area contributed by atoms with Crippen LogP contribution in [0.15, 0.2) is 46.9 Å². The molecule has 3 aromatic rings. The third-order valence-corrected chi connectivity index (χ3v) is 3.74. The molecule has 3 rings (SSSR count). The van der Waals surface area contributed by atoms with Gasteiger partial charge in [0, 0.05) is 27.5 Å². The van der Waals surface area contributed by atoms with E-state index in [-0.39, 0.29) is 0 Å². The highest BCUT2D eigenvalue weighted by Crippen LogP contribution is 2.27. The molecule has 0 saturated carbocycles. The van der Waals surface area contributed by atoms with Crippen LogP contribution in [0.3, 0.4) is 0 Å². The van der Waals surface area contributed by atoms with Crippen LogP contribution in [0.25, 0.3) is 22.3 Å². The predicted octanol–water partition coefficient (Wildman–Crippen LogP) is 4.75. The molecule has 1 heterocycles. The summed E-state index contributed by atoms with van der Waals surface area (Å²) >= 11 is 9.38. The minimum absolute atomic E-state index is 0.681. The fourth-order valence-electron chi connectivity index (χ4n) is 2.02. The van der Waals surface area contributed by atoms with Crippen molar-refractivity contribution < 1.29 is 0 Å². The number of rotatable bonds is 2. The molecule has 1 N–H and O–H groups in total. The monoisotopic (exact) mass is 347 g/mol.